The van der Waals surface area contributed by atoms with Gasteiger partial charge in [0.2, 0.25) is 17.6 Å². The minimum atomic E-state index is -0.404. The van der Waals surface area contributed by atoms with Gasteiger partial charge in [0.15, 0.2) is 0 Å². The zero-order valence-corrected chi connectivity index (χ0v) is 15.7. The van der Waals surface area contributed by atoms with Crippen molar-refractivity contribution in [3.63, 3.8) is 0 Å². The van der Waals surface area contributed by atoms with Gasteiger partial charge in [-0.15, -0.1) is 0 Å². The molecule has 0 spiro atoms. The fraction of sp³-hybridized carbons (Fsp3) is 0.350. The molecule has 1 aromatic carbocycles. The summed E-state index contributed by atoms with van der Waals surface area (Å²) in [7, 11) is 0. The number of likely N-dealkylation sites (tertiary alicyclic amines) is 1. The summed E-state index contributed by atoms with van der Waals surface area (Å²) in [4.78, 5) is 30.4. The summed E-state index contributed by atoms with van der Waals surface area (Å²) in [5.74, 6) is 0.245. The lowest BCUT2D eigenvalue weighted by molar-refractivity contribution is -0.134. The van der Waals surface area contributed by atoms with E-state index >= 15 is 0 Å². The molecule has 1 amide bonds. The van der Waals surface area contributed by atoms with E-state index in [1.54, 1.807) is 29.2 Å². The Hall–Kier alpha value is -3.36. The number of amides is 1. The van der Waals surface area contributed by atoms with Crippen molar-refractivity contribution in [3.05, 3.63) is 64.7 Å². The van der Waals surface area contributed by atoms with Crippen LogP contribution in [0.3, 0.4) is 0 Å². The van der Waals surface area contributed by atoms with E-state index in [4.69, 9.17) is 4.52 Å². The maximum absolute atomic E-state index is 13.9. The molecule has 0 saturated carbocycles. The fourth-order valence-corrected chi connectivity index (χ4v) is 3.53. The average molecular weight is 397 g/mol. The molecule has 0 radical (unpaired) electrons. The highest BCUT2D eigenvalue weighted by Crippen LogP contribution is 2.23. The van der Waals surface area contributed by atoms with Crippen LogP contribution in [-0.2, 0) is 17.8 Å². The second-order valence-electron chi connectivity index (χ2n) is 7.06. The SMILES string of the molecule is O=C(Cn1ncccc1=O)N1CCCC(Cc2nc(-c3ccccc3F)no2)C1. The zero-order valence-electron chi connectivity index (χ0n) is 15.7. The third-order valence-electron chi connectivity index (χ3n) is 4.99. The third kappa shape index (κ3) is 4.39. The van der Waals surface area contributed by atoms with E-state index in [9.17, 15) is 14.0 Å². The quantitative estimate of drug-likeness (QED) is 0.653. The molecule has 29 heavy (non-hydrogen) atoms. The molecule has 3 heterocycles. The van der Waals surface area contributed by atoms with Crippen molar-refractivity contribution in [1.29, 1.82) is 0 Å². The topological polar surface area (TPSA) is 94.1 Å². The van der Waals surface area contributed by atoms with E-state index in [-0.39, 0.29) is 29.8 Å². The van der Waals surface area contributed by atoms with E-state index in [1.165, 1.54) is 18.3 Å². The number of hydrogen-bond acceptors (Lipinski definition) is 6. The van der Waals surface area contributed by atoms with Crippen molar-refractivity contribution in [2.24, 2.45) is 5.92 Å². The molecule has 0 bridgehead atoms. The van der Waals surface area contributed by atoms with Gasteiger partial charge < -0.3 is 9.42 Å². The molecule has 3 aromatic rings. The van der Waals surface area contributed by atoms with Gasteiger partial charge in [0, 0.05) is 31.8 Å². The predicted octanol–water partition coefficient (Wildman–Crippen LogP) is 1.91. The van der Waals surface area contributed by atoms with Gasteiger partial charge in [-0.2, -0.15) is 10.1 Å². The van der Waals surface area contributed by atoms with Crippen LogP contribution in [0.15, 0.2) is 51.9 Å². The van der Waals surface area contributed by atoms with E-state index in [2.05, 4.69) is 15.2 Å². The van der Waals surface area contributed by atoms with Crippen LogP contribution in [0, 0.1) is 11.7 Å². The Kier molecular flexibility index (Phi) is 5.46. The Morgan fingerprint density at radius 3 is 2.93 bits per heavy atom. The molecular formula is C20H20FN5O3. The van der Waals surface area contributed by atoms with Crippen LogP contribution in [-0.4, -0.2) is 43.8 Å². The summed E-state index contributed by atoms with van der Waals surface area (Å²) >= 11 is 0. The second-order valence-corrected chi connectivity index (χ2v) is 7.06. The normalized spacial score (nSPS) is 16.7. The molecule has 4 rings (SSSR count). The van der Waals surface area contributed by atoms with Crippen molar-refractivity contribution >= 4 is 5.91 Å². The van der Waals surface area contributed by atoms with Crippen LogP contribution < -0.4 is 5.56 Å². The summed E-state index contributed by atoms with van der Waals surface area (Å²) in [6.45, 7) is 1.10. The minimum absolute atomic E-state index is 0.0790. The number of aromatic nitrogens is 4. The summed E-state index contributed by atoms with van der Waals surface area (Å²) in [6.07, 6.45) is 3.76. The predicted molar refractivity (Wildman–Crippen MR) is 101 cm³/mol. The van der Waals surface area contributed by atoms with Gasteiger partial charge >= 0.3 is 0 Å². The number of carbonyl (C=O) groups excluding carboxylic acids is 1. The van der Waals surface area contributed by atoms with Gasteiger partial charge in [-0.05, 0) is 37.0 Å². The fourth-order valence-electron chi connectivity index (χ4n) is 3.53. The number of hydrogen-bond donors (Lipinski definition) is 0. The number of piperidine rings is 1. The van der Waals surface area contributed by atoms with Crippen LogP contribution in [0.25, 0.3) is 11.4 Å². The summed E-state index contributed by atoms with van der Waals surface area (Å²) in [6, 6.07) is 9.19. The van der Waals surface area contributed by atoms with Crippen molar-refractivity contribution < 1.29 is 13.7 Å². The van der Waals surface area contributed by atoms with E-state index < -0.39 is 5.82 Å². The monoisotopic (exact) mass is 397 g/mol. The van der Waals surface area contributed by atoms with Gasteiger partial charge in [0.1, 0.15) is 12.4 Å². The Labute approximate surface area is 166 Å². The third-order valence-corrected chi connectivity index (χ3v) is 4.99. The lowest BCUT2D eigenvalue weighted by Crippen LogP contribution is -2.43. The maximum atomic E-state index is 13.9. The molecular weight excluding hydrogens is 377 g/mol. The van der Waals surface area contributed by atoms with Crippen molar-refractivity contribution in [3.8, 4) is 11.4 Å². The van der Waals surface area contributed by atoms with Crippen LogP contribution in [0.1, 0.15) is 18.7 Å². The first-order valence-corrected chi connectivity index (χ1v) is 9.47. The van der Waals surface area contributed by atoms with Gasteiger partial charge in [0.05, 0.1) is 5.56 Å². The summed E-state index contributed by atoms with van der Waals surface area (Å²) in [5, 5.41) is 7.81. The molecule has 0 aliphatic carbocycles. The minimum Gasteiger partial charge on any atom is -0.341 e. The van der Waals surface area contributed by atoms with Gasteiger partial charge in [0.25, 0.3) is 5.56 Å². The van der Waals surface area contributed by atoms with E-state index in [0.717, 1.165) is 17.5 Å². The van der Waals surface area contributed by atoms with Crippen molar-refractivity contribution in [2.75, 3.05) is 13.1 Å². The Bertz CT molecular complexity index is 1060. The van der Waals surface area contributed by atoms with Crippen molar-refractivity contribution in [2.45, 2.75) is 25.8 Å². The molecule has 1 atom stereocenters. The Morgan fingerprint density at radius 2 is 2.10 bits per heavy atom. The molecule has 1 unspecified atom stereocenters. The standard InChI is InChI=1S/C20H20FN5O3/c21-16-7-2-1-6-15(16)20-23-17(29-24-20)11-14-5-4-10-25(12-14)19(28)13-26-18(27)8-3-9-22-26/h1-3,6-9,14H,4-5,10-13H2. The van der Waals surface area contributed by atoms with Crippen LogP contribution in [0.4, 0.5) is 4.39 Å². The molecule has 2 aromatic heterocycles. The summed E-state index contributed by atoms with van der Waals surface area (Å²) in [5.41, 5.74) is -0.00954. The molecule has 1 aliphatic rings. The lowest BCUT2D eigenvalue weighted by atomic mass is 9.94. The zero-order chi connectivity index (χ0) is 20.2. The van der Waals surface area contributed by atoms with Gasteiger partial charge in [-0.1, -0.05) is 17.3 Å². The van der Waals surface area contributed by atoms with Crippen LogP contribution >= 0.6 is 0 Å². The number of benzene rings is 1. The molecule has 8 nitrogen and oxygen atoms in total. The first-order valence-electron chi connectivity index (χ1n) is 9.47. The Balaban J connectivity index is 1.39. The lowest BCUT2D eigenvalue weighted by Gasteiger charge is -2.32. The van der Waals surface area contributed by atoms with Gasteiger partial charge in [-0.3, -0.25) is 9.59 Å². The summed E-state index contributed by atoms with van der Waals surface area (Å²) < 4.78 is 20.4. The van der Waals surface area contributed by atoms with Crippen LogP contribution in [0.2, 0.25) is 0 Å². The number of carbonyl (C=O) groups is 1. The Morgan fingerprint density at radius 1 is 1.24 bits per heavy atom. The van der Waals surface area contributed by atoms with Gasteiger partial charge in [-0.25, -0.2) is 9.07 Å². The number of halogens is 1. The van der Waals surface area contributed by atoms with E-state index in [0.29, 0.717) is 31.0 Å². The first kappa shape index (κ1) is 19.0. The first-order chi connectivity index (χ1) is 14.1. The van der Waals surface area contributed by atoms with Crippen LogP contribution in [0.5, 0.6) is 0 Å². The van der Waals surface area contributed by atoms with E-state index in [1.807, 2.05) is 0 Å². The number of rotatable bonds is 5. The molecule has 1 saturated heterocycles. The molecule has 150 valence electrons. The maximum Gasteiger partial charge on any atom is 0.267 e. The molecule has 1 fully saturated rings. The highest BCUT2D eigenvalue weighted by molar-refractivity contribution is 5.76. The molecule has 0 N–H and O–H groups in total. The molecule has 9 heteroatoms. The smallest absolute Gasteiger partial charge is 0.267 e. The largest absolute Gasteiger partial charge is 0.341 e. The highest BCUT2D eigenvalue weighted by Gasteiger charge is 2.26. The average Bonchev–Trinajstić information content (AvgIpc) is 3.18. The number of nitrogens with zero attached hydrogens (tertiary/aromatic N) is 5. The highest BCUT2D eigenvalue weighted by atomic mass is 19.1. The second kappa shape index (κ2) is 8.34. The van der Waals surface area contributed by atoms with Crippen molar-refractivity contribution in [1.82, 2.24) is 24.8 Å². The molecule has 1 aliphatic heterocycles.